The summed E-state index contributed by atoms with van der Waals surface area (Å²) in [6, 6.07) is 11.1. The number of likely N-dealkylation sites (tertiary alicyclic amines) is 2. The molecule has 0 radical (unpaired) electrons. The second kappa shape index (κ2) is 8.91. The fraction of sp³-hybridized carbons (Fsp3) is 0.522. The number of aromatic nitrogens is 2. The van der Waals surface area contributed by atoms with Gasteiger partial charge in [-0.15, -0.1) is 0 Å². The molecule has 1 amide bonds. The average molecular weight is 394 g/mol. The van der Waals surface area contributed by atoms with Gasteiger partial charge in [-0.05, 0) is 24.8 Å². The van der Waals surface area contributed by atoms with Crippen molar-refractivity contribution in [2.45, 2.75) is 57.3 Å². The molecule has 0 aliphatic carbocycles. The van der Waals surface area contributed by atoms with E-state index >= 15 is 0 Å². The fourth-order valence-corrected chi connectivity index (χ4v) is 4.67. The maximum absolute atomic E-state index is 13.0. The Morgan fingerprint density at radius 3 is 2.45 bits per heavy atom. The first-order valence-corrected chi connectivity index (χ1v) is 10.7. The molecule has 1 aromatic carbocycles. The van der Waals surface area contributed by atoms with E-state index in [4.69, 9.17) is 0 Å². The summed E-state index contributed by atoms with van der Waals surface area (Å²) >= 11 is 0. The summed E-state index contributed by atoms with van der Waals surface area (Å²) < 4.78 is 0. The molecule has 3 heterocycles. The van der Waals surface area contributed by atoms with E-state index in [0.29, 0.717) is 24.4 Å². The largest absolute Gasteiger partial charge is 0.347 e. The molecule has 1 aromatic heterocycles. The van der Waals surface area contributed by atoms with E-state index in [2.05, 4.69) is 44.0 Å². The Morgan fingerprint density at radius 1 is 0.966 bits per heavy atom. The van der Waals surface area contributed by atoms with Gasteiger partial charge >= 0.3 is 0 Å². The van der Waals surface area contributed by atoms with Crippen molar-refractivity contribution >= 4 is 11.9 Å². The quantitative estimate of drug-likeness (QED) is 0.781. The molecule has 0 saturated carbocycles. The van der Waals surface area contributed by atoms with Crippen LogP contribution in [0.2, 0.25) is 0 Å². The van der Waals surface area contributed by atoms with Crippen molar-refractivity contribution < 1.29 is 4.79 Å². The monoisotopic (exact) mass is 393 g/mol. The minimum atomic E-state index is 0.296. The molecule has 2 aromatic rings. The summed E-state index contributed by atoms with van der Waals surface area (Å²) in [5.74, 6) is 1.04. The zero-order valence-corrected chi connectivity index (χ0v) is 17.5. The van der Waals surface area contributed by atoms with Crippen LogP contribution in [0, 0.1) is 0 Å². The van der Waals surface area contributed by atoms with Crippen LogP contribution >= 0.6 is 0 Å². The second-order valence-corrected chi connectivity index (χ2v) is 8.43. The van der Waals surface area contributed by atoms with Gasteiger partial charge in [-0.3, -0.25) is 9.69 Å². The van der Waals surface area contributed by atoms with Gasteiger partial charge in [0.15, 0.2) is 0 Å². The first kappa shape index (κ1) is 19.8. The second-order valence-electron chi connectivity index (χ2n) is 8.43. The molecule has 6 nitrogen and oxygen atoms in total. The van der Waals surface area contributed by atoms with Crippen LogP contribution < -0.4 is 4.90 Å². The summed E-state index contributed by atoms with van der Waals surface area (Å²) in [4.78, 5) is 28.5. The molecule has 29 heavy (non-hydrogen) atoms. The summed E-state index contributed by atoms with van der Waals surface area (Å²) in [6.45, 7) is 2.58. The van der Waals surface area contributed by atoms with Gasteiger partial charge in [0.2, 0.25) is 11.9 Å². The lowest BCUT2D eigenvalue weighted by Gasteiger charge is -2.37. The molecule has 2 aliphatic rings. The molecule has 0 N–H and O–H groups in total. The number of nitrogens with zero attached hydrogens (tertiary/aromatic N) is 5. The lowest BCUT2D eigenvalue weighted by Crippen LogP contribution is -2.48. The van der Waals surface area contributed by atoms with Crippen LogP contribution in [0.4, 0.5) is 5.95 Å². The van der Waals surface area contributed by atoms with E-state index in [1.165, 1.54) is 5.56 Å². The zero-order chi connectivity index (χ0) is 20.2. The molecular weight excluding hydrogens is 362 g/mol. The van der Waals surface area contributed by atoms with Gasteiger partial charge in [0.05, 0.1) is 0 Å². The van der Waals surface area contributed by atoms with E-state index in [-0.39, 0.29) is 0 Å². The molecule has 0 bridgehead atoms. The van der Waals surface area contributed by atoms with Crippen LogP contribution in [0.25, 0.3) is 0 Å². The normalized spacial score (nSPS) is 22.8. The van der Waals surface area contributed by atoms with Gasteiger partial charge in [-0.2, -0.15) is 0 Å². The molecule has 2 aliphatic heterocycles. The van der Waals surface area contributed by atoms with Crippen LogP contribution in [0.1, 0.15) is 43.2 Å². The molecule has 0 spiro atoms. The third-order valence-corrected chi connectivity index (χ3v) is 6.16. The number of amides is 1. The summed E-state index contributed by atoms with van der Waals surface area (Å²) in [5, 5.41) is 0. The SMILES string of the molecule is CN(C)c1ncc(CN2CC[C@H]3[C@H]2CCCCC(=O)N3Cc2ccccc2)cn1. The first-order valence-electron chi connectivity index (χ1n) is 10.7. The van der Waals surface area contributed by atoms with Gasteiger partial charge in [0.25, 0.3) is 0 Å². The number of hydrogen-bond donors (Lipinski definition) is 0. The van der Waals surface area contributed by atoms with Gasteiger partial charge in [0.1, 0.15) is 0 Å². The molecule has 0 unspecified atom stereocenters. The lowest BCUT2D eigenvalue weighted by molar-refractivity contribution is -0.135. The molecule has 154 valence electrons. The number of fused-ring (bicyclic) bond motifs is 1. The highest BCUT2D eigenvalue weighted by Gasteiger charge is 2.40. The Hall–Kier alpha value is -2.47. The van der Waals surface area contributed by atoms with Gasteiger partial charge in [-0.1, -0.05) is 36.8 Å². The number of rotatable bonds is 5. The molecule has 2 atom stereocenters. The van der Waals surface area contributed by atoms with Gasteiger partial charge in [-0.25, -0.2) is 9.97 Å². The molecule has 2 saturated heterocycles. The Morgan fingerprint density at radius 2 is 1.72 bits per heavy atom. The van der Waals surface area contributed by atoms with Crippen LogP contribution in [-0.2, 0) is 17.9 Å². The minimum Gasteiger partial charge on any atom is -0.347 e. The Balaban J connectivity index is 1.50. The van der Waals surface area contributed by atoms with Crippen LogP contribution in [0.15, 0.2) is 42.7 Å². The number of carbonyl (C=O) groups is 1. The number of benzene rings is 1. The third-order valence-electron chi connectivity index (χ3n) is 6.16. The Labute approximate surface area is 173 Å². The average Bonchev–Trinajstić information content (AvgIpc) is 3.11. The summed E-state index contributed by atoms with van der Waals surface area (Å²) in [5.41, 5.74) is 2.35. The smallest absolute Gasteiger partial charge is 0.224 e. The molecule has 2 fully saturated rings. The van der Waals surface area contributed by atoms with E-state index < -0.39 is 0 Å². The zero-order valence-electron chi connectivity index (χ0n) is 17.5. The van der Waals surface area contributed by atoms with Crippen LogP contribution in [0.5, 0.6) is 0 Å². The standard InChI is InChI=1S/C23H31N5O/c1-26(2)23-24-14-19(15-25-23)16-27-13-12-21-20(27)10-6-7-11-22(29)28(21)17-18-8-4-3-5-9-18/h3-5,8-9,14-15,20-21H,6-7,10-13,16-17H2,1-2H3/t20-,21+/m1/s1. The van der Waals surface area contributed by atoms with E-state index in [1.807, 2.05) is 37.5 Å². The van der Waals surface area contributed by atoms with Crippen molar-refractivity contribution in [1.82, 2.24) is 19.8 Å². The van der Waals surface area contributed by atoms with E-state index in [1.54, 1.807) is 0 Å². The third kappa shape index (κ3) is 4.58. The van der Waals surface area contributed by atoms with E-state index in [9.17, 15) is 4.79 Å². The van der Waals surface area contributed by atoms with Crippen LogP contribution in [-0.4, -0.2) is 58.4 Å². The van der Waals surface area contributed by atoms with Gasteiger partial charge in [0, 0.05) is 70.2 Å². The van der Waals surface area contributed by atoms with Crippen molar-refractivity contribution in [3.8, 4) is 0 Å². The number of carbonyl (C=O) groups excluding carboxylic acids is 1. The van der Waals surface area contributed by atoms with Crippen molar-refractivity contribution in [1.29, 1.82) is 0 Å². The van der Waals surface area contributed by atoms with Gasteiger partial charge < -0.3 is 9.80 Å². The number of hydrogen-bond acceptors (Lipinski definition) is 5. The van der Waals surface area contributed by atoms with Crippen molar-refractivity contribution in [3.05, 3.63) is 53.9 Å². The molecular formula is C23H31N5O. The first-order chi connectivity index (χ1) is 14.1. The topological polar surface area (TPSA) is 52.6 Å². The highest BCUT2D eigenvalue weighted by Crippen LogP contribution is 2.32. The predicted molar refractivity (Wildman–Crippen MR) is 114 cm³/mol. The number of anilines is 1. The molecule has 4 rings (SSSR count). The highest BCUT2D eigenvalue weighted by molar-refractivity contribution is 5.76. The summed E-state index contributed by atoms with van der Waals surface area (Å²) in [6.07, 6.45) is 8.85. The maximum Gasteiger partial charge on any atom is 0.224 e. The highest BCUT2D eigenvalue weighted by atomic mass is 16.2. The lowest BCUT2D eigenvalue weighted by atomic mass is 9.96. The van der Waals surface area contributed by atoms with Crippen molar-refractivity contribution in [2.24, 2.45) is 0 Å². The summed E-state index contributed by atoms with van der Waals surface area (Å²) in [7, 11) is 3.90. The maximum atomic E-state index is 13.0. The Bertz CT molecular complexity index is 808. The van der Waals surface area contributed by atoms with Crippen molar-refractivity contribution in [3.63, 3.8) is 0 Å². The van der Waals surface area contributed by atoms with Crippen LogP contribution in [0.3, 0.4) is 0 Å². The van der Waals surface area contributed by atoms with E-state index in [0.717, 1.165) is 56.8 Å². The molecule has 6 heteroatoms. The minimum absolute atomic E-state index is 0.296. The van der Waals surface area contributed by atoms with Crippen molar-refractivity contribution in [2.75, 3.05) is 25.5 Å². The fourth-order valence-electron chi connectivity index (χ4n) is 4.67. The Kier molecular flexibility index (Phi) is 6.09. The predicted octanol–water partition coefficient (Wildman–Crippen LogP) is 3.09.